The number of nitrogens with zero attached hydrogens (tertiary/aromatic N) is 1. The number of carbonyl (C=O) groups excluding carboxylic acids is 4. The smallest absolute Gasteiger partial charge is 0.408 e. The van der Waals surface area contributed by atoms with Gasteiger partial charge in [0.15, 0.2) is 0 Å². The first-order chi connectivity index (χ1) is 18.7. The van der Waals surface area contributed by atoms with Crippen molar-refractivity contribution in [3.63, 3.8) is 0 Å². The molecule has 0 saturated carbocycles. The van der Waals surface area contributed by atoms with Crippen molar-refractivity contribution in [1.82, 2.24) is 15.5 Å². The Morgan fingerprint density at radius 3 is 2.30 bits per heavy atom. The van der Waals surface area contributed by atoms with Crippen LogP contribution in [0.25, 0.3) is 0 Å². The second kappa shape index (κ2) is 15.2. The molecule has 0 bridgehead atoms. The molecule has 1 fully saturated rings. The van der Waals surface area contributed by atoms with E-state index in [1.165, 1.54) is 7.11 Å². The molecule has 1 heterocycles. The molecule has 1 saturated heterocycles. The molecule has 2 rings (SSSR count). The molecule has 4 amide bonds. The number of aryl methyl sites for hydroxylation is 1. The van der Waals surface area contributed by atoms with Crippen LogP contribution in [0.5, 0.6) is 5.75 Å². The molecule has 0 aromatic heterocycles. The molecule has 1 aromatic carbocycles. The van der Waals surface area contributed by atoms with Crippen LogP contribution < -0.4 is 20.7 Å². The number of hydrogen-bond acceptors (Lipinski definition) is 7. The van der Waals surface area contributed by atoms with Gasteiger partial charge in [-0.1, -0.05) is 19.9 Å². The highest BCUT2D eigenvalue weighted by Gasteiger charge is 2.34. The number of benzene rings is 1. The maximum absolute atomic E-state index is 13.3. The summed E-state index contributed by atoms with van der Waals surface area (Å²) in [5, 5.41) is 8.55. The standard InChI is InChI=1S/C29H46N4O6S/c1-18(2)24(26(35)30-22-17-19(3)9-10-23(22)38-7)32-25(34)20-11-14-33(15-12-20)27(36)21(13-16-40-8)31-28(37)39-29(4,5)6/h9-10,17-18,20-21,24H,11-16H2,1-8H3,(H,30,35)(H,31,37)(H,32,34)/t21-,24+/m0/s1. The zero-order valence-corrected chi connectivity index (χ0v) is 25.9. The molecule has 0 spiro atoms. The maximum Gasteiger partial charge on any atom is 0.408 e. The molecule has 2 atom stereocenters. The van der Waals surface area contributed by atoms with Crippen LogP contribution >= 0.6 is 11.8 Å². The van der Waals surface area contributed by atoms with Crippen LogP contribution in [0.2, 0.25) is 0 Å². The predicted octanol–water partition coefficient (Wildman–Crippen LogP) is 3.97. The molecule has 40 heavy (non-hydrogen) atoms. The van der Waals surface area contributed by atoms with Crippen molar-refractivity contribution in [3.05, 3.63) is 23.8 Å². The van der Waals surface area contributed by atoms with Gasteiger partial charge in [-0.25, -0.2) is 4.79 Å². The number of anilines is 1. The lowest BCUT2D eigenvalue weighted by molar-refractivity contribution is -0.138. The fraction of sp³-hybridized carbons (Fsp3) is 0.655. The fourth-order valence-electron chi connectivity index (χ4n) is 4.46. The Labute approximate surface area is 242 Å². The summed E-state index contributed by atoms with van der Waals surface area (Å²) in [5.41, 5.74) is 0.856. The van der Waals surface area contributed by atoms with E-state index in [9.17, 15) is 19.2 Å². The van der Waals surface area contributed by atoms with E-state index >= 15 is 0 Å². The topological polar surface area (TPSA) is 126 Å². The fourth-order valence-corrected chi connectivity index (χ4v) is 4.93. The highest BCUT2D eigenvalue weighted by atomic mass is 32.2. The van der Waals surface area contributed by atoms with Crippen LogP contribution in [-0.2, 0) is 19.1 Å². The van der Waals surface area contributed by atoms with Crippen molar-refractivity contribution < 1.29 is 28.7 Å². The number of amides is 4. The molecule has 224 valence electrons. The predicted molar refractivity (Wildman–Crippen MR) is 159 cm³/mol. The first kappa shape index (κ1) is 33.3. The van der Waals surface area contributed by atoms with Crippen LogP contribution in [0.15, 0.2) is 18.2 Å². The average Bonchev–Trinajstić information content (AvgIpc) is 2.88. The molecule has 1 aliphatic rings. The van der Waals surface area contributed by atoms with E-state index in [0.717, 1.165) is 5.56 Å². The Morgan fingerprint density at radius 2 is 1.75 bits per heavy atom. The van der Waals surface area contributed by atoms with E-state index < -0.39 is 23.8 Å². The lowest BCUT2D eigenvalue weighted by atomic mass is 9.93. The van der Waals surface area contributed by atoms with Crippen molar-refractivity contribution in [2.75, 3.05) is 37.5 Å². The summed E-state index contributed by atoms with van der Waals surface area (Å²) in [5.74, 6) is 0.0884. The number of carbonyl (C=O) groups is 4. The highest BCUT2D eigenvalue weighted by Crippen LogP contribution is 2.26. The summed E-state index contributed by atoms with van der Waals surface area (Å²) in [6.07, 6.45) is 2.74. The summed E-state index contributed by atoms with van der Waals surface area (Å²) < 4.78 is 10.7. The number of rotatable bonds is 11. The molecular weight excluding hydrogens is 532 g/mol. The Kier molecular flexibility index (Phi) is 12.6. The number of thioether (sulfide) groups is 1. The number of piperidine rings is 1. The van der Waals surface area contributed by atoms with Gasteiger partial charge in [0, 0.05) is 19.0 Å². The SMILES string of the molecule is COc1ccc(C)cc1NC(=O)[C@H](NC(=O)C1CCN(C(=O)[C@H](CCSC)NC(=O)OC(C)(C)C)CC1)C(C)C. The molecule has 3 N–H and O–H groups in total. The van der Waals surface area contributed by atoms with Gasteiger partial charge in [0.1, 0.15) is 23.4 Å². The Hall–Kier alpha value is -2.95. The Balaban J connectivity index is 1.99. The molecule has 0 aliphatic carbocycles. The molecule has 10 nitrogen and oxygen atoms in total. The van der Waals surface area contributed by atoms with Gasteiger partial charge in [-0.2, -0.15) is 11.8 Å². The summed E-state index contributed by atoms with van der Waals surface area (Å²) in [6, 6.07) is 4.09. The molecule has 0 radical (unpaired) electrons. The van der Waals surface area contributed by atoms with Crippen LogP contribution in [-0.4, -0.2) is 78.6 Å². The van der Waals surface area contributed by atoms with Gasteiger partial charge in [0.2, 0.25) is 17.7 Å². The second-order valence-corrected chi connectivity index (χ2v) is 12.5. The molecule has 0 unspecified atom stereocenters. The van der Waals surface area contributed by atoms with Gasteiger partial charge in [-0.05, 0) is 82.6 Å². The van der Waals surface area contributed by atoms with E-state index in [-0.39, 0.29) is 29.6 Å². The van der Waals surface area contributed by atoms with E-state index in [0.29, 0.717) is 49.5 Å². The van der Waals surface area contributed by atoms with Gasteiger partial charge in [0.05, 0.1) is 12.8 Å². The lowest BCUT2D eigenvalue weighted by Gasteiger charge is -2.35. The minimum Gasteiger partial charge on any atom is -0.495 e. The first-order valence-electron chi connectivity index (χ1n) is 13.8. The lowest BCUT2D eigenvalue weighted by Crippen LogP contribution is -2.54. The van der Waals surface area contributed by atoms with E-state index in [2.05, 4.69) is 16.0 Å². The third kappa shape index (κ3) is 10.2. The van der Waals surface area contributed by atoms with E-state index in [1.807, 2.05) is 39.2 Å². The van der Waals surface area contributed by atoms with Crippen LogP contribution in [0.4, 0.5) is 10.5 Å². The summed E-state index contributed by atoms with van der Waals surface area (Å²) in [4.78, 5) is 53.6. The van der Waals surface area contributed by atoms with Gasteiger partial charge >= 0.3 is 6.09 Å². The molecule has 1 aliphatic heterocycles. The third-order valence-corrected chi connectivity index (χ3v) is 7.28. The largest absolute Gasteiger partial charge is 0.495 e. The number of alkyl carbamates (subject to hydrolysis) is 1. The van der Waals surface area contributed by atoms with Crippen molar-refractivity contribution in [2.24, 2.45) is 11.8 Å². The van der Waals surface area contributed by atoms with Crippen molar-refractivity contribution >= 4 is 41.3 Å². The average molecular weight is 579 g/mol. The molecule has 11 heteroatoms. The highest BCUT2D eigenvalue weighted by molar-refractivity contribution is 7.98. The minimum atomic E-state index is -0.730. The van der Waals surface area contributed by atoms with Gasteiger partial charge in [0.25, 0.3) is 0 Å². The third-order valence-electron chi connectivity index (χ3n) is 6.64. The Morgan fingerprint density at radius 1 is 1.10 bits per heavy atom. The second-order valence-electron chi connectivity index (χ2n) is 11.5. The number of likely N-dealkylation sites (tertiary alicyclic amines) is 1. The molecule has 1 aromatic rings. The first-order valence-corrected chi connectivity index (χ1v) is 15.2. The van der Waals surface area contributed by atoms with Crippen molar-refractivity contribution in [2.45, 2.75) is 78.5 Å². The summed E-state index contributed by atoms with van der Waals surface area (Å²) in [7, 11) is 1.54. The van der Waals surface area contributed by atoms with Crippen LogP contribution in [0, 0.1) is 18.8 Å². The van der Waals surface area contributed by atoms with Crippen molar-refractivity contribution in [3.8, 4) is 5.75 Å². The van der Waals surface area contributed by atoms with E-state index in [4.69, 9.17) is 9.47 Å². The zero-order valence-electron chi connectivity index (χ0n) is 25.1. The number of nitrogens with one attached hydrogen (secondary N) is 3. The number of ether oxygens (including phenoxy) is 2. The van der Waals surface area contributed by atoms with Gasteiger partial charge < -0.3 is 30.3 Å². The van der Waals surface area contributed by atoms with Crippen LogP contribution in [0.1, 0.15) is 59.4 Å². The maximum atomic E-state index is 13.3. The summed E-state index contributed by atoms with van der Waals surface area (Å²) in [6.45, 7) is 11.8. The van der Waals surface area contributed by atoms with E-state index in [1.54, 1.807) is 43.5 Å². The van der Waals surface area contributed by atoms with Gasteiger partial charge in [-0.15, -0.1) is 0 Å². The number of hydrogen-bond donors (Lipinski definition) is 3. The minimum absolute atomic E-state index is 0.141. The summed E-state index contributed by atoms with van der Waals surface area (Å²) >= 11 is 1.60. The zero-order chi connectivity index (χ0) is 30.0. The monoisotopic (exact) mass is 578 g/mol. The van der Waals surface area contributed by atoms with Crippen LogP contribution in [0.3, 0.4) is 0 Å². The Bertz CT molecular complexity index is 1030. The normalized spacial score (nSPS) is 15.7. The number of methoxy groups -OCH3 is 1. The van der Waals surface area contributed by atoms with Gasteiger partial charge in [-0.3, -0.25) is 14.4 Å². The van der Waals surface area contributed by atoms with Crippen molar-refractivity contribution in [1.29, 1.82) is 0 Å². The molecular formula is C29H46N4O6S. The quantitative estimate of drug-likeness (QED) is 0.363.